The lowest BCUT2D eigenvalue weighted by molar-refractivity contribution is -0.113. The normalized spacial score (nSPS) is 15.1. The molecule has 0 spiro atoms. The van der Waals surface area contributed by atoms with Crippen LogP contribution in [0.4, 0.5) is 11.6 Å². The molecule has 1 aromatic heterocycles. The first-order chi connectivity index (χ1) is 15.6. The number of fused-ring (bicyclic) bond motifs is 1. The summed E-state index contributed by atoms with van der Waals surface area (Å²) in [5, 5.41) is 11.7. The Kier molecular flexibility index (Phi) is 5.21. The highest BCUT2D eigenvalue weighted by Crippen LogP contribution is 2.37. The molecule has 6 nitrogen and oxygen atoms in total. The van der Waals surface area contributed by atoms with Crippen LogP contribution in [0.2, 0.25) is 5.02 Å². The van der Waals surface area contributed by atoms with Crippen molar-refractivity contribution in [2.45, 2.75) is 13.0 Å². The number of allylic oxidation sites excluding steroid dienone is 1. The van der Waals surface area contributed by atoms with Crippen molar-refractivity contribution in [1.29, 1.82) is 0 Å². The smallest absolute Gasteiger partial charge is 0.255 e. The summed E-state index contributed by atoms with van der Waals surface area (Å²) >= 11 is 6.13. The number of halogens is 1. The van der Waals surface area contributed by atoms with Gasteiger partial charge in [0.15, 0.2) is 5.82 Å². The first-order valence-electron chi connectivity index (χ1n) is 10.2. The van der Waals surface area contributed by atoms with E-state index >= 15 is 0 Å². The lowest BCUT2D eigenvalue weighted by Crippen LogP contribution is -2.31. The highest BCUT2D eigenvalue weighted by molar-refractivity contribution is 6.30. The molecule has 32 heavy (non-hydrogen) atoms. The maximum absolute atomic E-state index is 13.4. The summed E-state index contributed by atoms with van der Waals surface area (Å²) in [6.45, 7) is 1.88. The van der Waals surface area contributed by atoms with E-state index in [1.54, 1.807) is 4.68 Å². The van der Waals surface area contributed by atoms with Crippen molar-refractivity contribution in [2.75, 3.05) is 10.6 Å². The molecule has 0 fully saturated rings. The van der Waals surface area contributed by atoms with Gasteiger partial charge in [-0.1, -0.05) is 72.3 Å². The van der Waals surface area contributed by atoms with E-state index in [-0.39, 0.29) is 5.91 Å². The zero-order chi connectivity index (χ0) is 22.1. The molecule has 0 radical (unpaired) electrons. The van der Waals surface area contributed by atoms with Gasteiger partial charge in [-0.3, -0.25) is 4.79 Å². The van der Waals surface area contributed by atoms with Gasteiger partial charge in [0, 0.05) is 22.0 Å². The van der Waals surface area contributed by atoms with Crippen molar-refractivity contribution in [3.63, 3.8) is 0 Å². The van der Waals surface area contributed by atoms with Crippen LogP contribution in [0, 0.1) is 0 Å². The Labute approximate surface area is 190 Å². The molecule has 3 aromatic carbocycles. The first kappa shape index (κ1) is 20.0. The van der Waals surface area contributed by atoms with Gasteiger partial charge < -0.3 is 10.6 Å². The van der Waals surface area contributed by atoms with E-state index in [1.165, 1.54) is 0 Å². The van der Waals surface area contributed by atoms with Crippen molar-refractivity contribution in [2.24, 2.45) is 0 Å². The molecule has 158 valence electrons. The van der Waals surface area contributed by atoms with Crippen LogP contribution in [0.1, 0.15) is 18.5 Å². The Bertz CT molecular complexity index is 1300. The SMILES string of the molecule is CC1=C(C(=O)Nc2ccccc2)[C@@H](c2ccc(Cl)cc2)n2nc(-c3ccccc3)nc2N1. The van der Waals surface area contributed by atoms with Crippen LogP contribution in [0.15, 0.2) is 96.2 Å². The fourth-order valence-electron chi connectivity index (χ4n) is 3.83. The minimum Gasteiger partial charge on any atom is -0.328 e. The standard InChI is InChI=1S/C25H20ClN5O/c1-16-21(24(32)28-20-10-6-3-7-11-20)22(17-12-14-19(26)15-13-17)31-25(27-16)29-23(30-31)18-8-4-2-5-9-18/h2-15,22H,1H3,(H,28,32)(H,27,29,30)/t22-/m1/s1. The molecule has 4 aromatic rings. The van der Waals surface area contributed by atoms with E-state index in [0.717, 1.165) is 22.5 Å². The Morgan fingerprint density at radius 1 is 0.969 bits per heavy atom. The van der Waals surface area contributed by atoms with E-state index < -0.39 is 6.04 Å². The monoisotopic (exact) mass is 441 g/mol. The van der Waals surface area contributed by atoms with Gasteiger partial charge in [0.25, 0.3) is 5.91 Å². The van der Waals surface area contributed by atoms with Crippen LogP contribution in [0.3, 0.4) is 0 Å². The predicted octanol–water partition coefficient (Wildman–Crippen LogP) is 5.53. The summed E-state index contributed by atoms with van der Waals surface area (Å²) in [6, 6.07) is 26.1. The first-order valence-corrected chi connectivity index (χ1v) is 10.6. The van der Waals surface area contributed by atoms with Crippen molar-refractivity contribution < 1.29 is 4.79 Å². The lowest BCUT2D eigenvalue weighted by Gasteiger charge is -2.28. The number of hydrogen-bond donors (Lipinski definition) is 2. The summed E-state index contributed by atoms with van der Waals surface area (Å²) in [4.78, 5) is 18.1. The molecule has 1 aliphatic heterocycles. The van der Waals surface area contributed by atoms with Crippen LogP contribution in [-0.4, -0.2) is 20.7 Å². The van der Waals surface area contributed by atoms with Gasteiger partial charge in [0.1, 0.15) is 6.04 Å². The number of nitrogens with zero attached hydrogens (tertiary/aromatic N) is 3. The zero-order valence-corrected chi connectivity index (χ0v) is 18.0. The second-order valence-electron chi connectivity index (χ2n) is 7.51. The minimum absolute atomic E-state index is 0.205. The largest absolute Gasteiger partial charge is 0.328 e. The van der Waals surface area contributed by atoms with Gasteiger partial charge in [-0.15, -0.1) is 5.10 Å². The van der Waals surface area contributed by atoms with E-state index in [0.29, 0.717) is 22.4 Å². The molecule has 1 amide bonds. The van der Waals surface area contributed by atoms with Crippen molar-refractivity contribution >= 4 is 29.1 Å². The van der Waals surface area contributed by atoms with Crippen LogP contribution < -0.4 is 10.6 Å². The summed E-state index contributed by atoms with van der Waals surface area (Å²) in [5.41, 5.74) is 3.80. The van der Waals surface area contributed by atoms with Gasteiger partial charge in [-0.25, -0.2) is 4.68 Å². The molecule has 2 heterocycles. The lowest BCUT2D eigenvalue weighted by atomic mass is 9.95. The summed E-state index contributed by atoms with van der Waals surface area (Å²) in [7, 11) is 0. The predicted molar refractivity (Wildman–Crippen MR) is 126 cm³/mol. The number of hydrogen-bond acceptors (Lipinski definition) is 4. The Morgan fingerprint density at radius 3 is 2.31 bits per heavy atom. The third kappa shape index (κ3) is 3.76. The number of carbonyl (C=O) groups is 1. The topological polar surface area (TPSA) is 71.8 Å². The second-order valence-corrected chi connectivity index (χ2v) is 7.94. The molecular formula is C25H20ClN5O. The van der Waals surface area contributed by atoms with Crippen LogP contribution >= 0.6 is 11.6 Å². The summed E-state index contributed by atoms with van der Waals surface area (Å²) in [6.07, 6.45) is 0. The van der Waals surface area contributed by atoms with Crippen molar-refractivity contribution in [3.05, 3.63) is 107 Å². The number of rotatable bonds is 4. The molecule has 0 aliphatic carbocycles. The number of para-hydroxylation sites is 1. The molecule has 0 saturated carbocycles. The number of nitrogens with one attached hydrogen (secondary N) is 2. The highest BCUT2D eigenvalue weighted by atomic mass is 35.5. The maximum atomic E-state index is 13.4. The highest BCUT2D eigenvalue weighted by Gasteiger charge is 2.34. The molecule has 1 aliphatic rings. The fourth-order valence-corrected chi connectivity index (χ4v) is 3.95. The van der Waals surface area contributed by atoms with Crippen molar-refractivity contribution in [1.82, 2.24) is 14.8 Å². The van der Waals surface area contributed by atoms with Crippen molar-refractivity contribution in [3.8, 4) is 11.4 Å². The molecule has 5 rings (SSSR count). The quantitative estimate of drug-likeness (QED) is 0.437. The van der Waals surface area contributed by atoms with Gasteiger partial charge in [0.05, 0.1) is 5.57 Å². The molecule has 0 bridgehead atoms. The molecule has 7 heteroatoms. The van der Waals surface area contributed by atoms with E-state index in [4.69, 9.17) is 21.7 Å². The minimum atomic E-state index is -0.461. The summed E-state index contributed by atoms with van der Waals surface area (Å²) < 4.78 is 1.76. The molecule has 0 unspecified atom stereocenters. The zero-order valence-electron chi connectivity index (χ0n) is 17.3. The van der Waals surface area contributed by atoms with E-state index in [9.17, 15) is 4.79 Å². The number of amides is 1. The molecule has 2 N–H and O–H groups in total. The summed E-state index contributed by atoms with van der Waals surface area (Å²) in [5.74, 6) is 0.964. The number of carbonyl (C=O) groups excluding carboxylic acids is 1. The van der Waals surface area contributed by atoms with Gasteiger partial charge in [0.2, 0.25) is 5.95 Å². The Hall–Kier alpha value is -3.90. The third-order valence-corrected chi connectivity index (χ3v) is 5.60. The van der Waals surface area contributed by atoms with Gasteiger partial charge in [-0.05, 0) is 36.8 Å². The third-order valence-electron chi connectivity index (χ3n) is 5.35. The Morgan fingerprint density at radius 2 is 1.62 bits per heavy atom. The number of benzene rings is 3. The maximum Gasteiger partial charge on any atom is 0.255 e. The number of aromatic nitrogens is 3. The van der Waals surface area contributed by atoms with Crippen LogP contribution in [0.25, 0.3) is 11.4 Å². The average Bonchev–Trinajstić information content (AvgIpc) is 3.23. The molecule has 1 atom stereocenters. The second kappa shape index (κ2) is 8.32. The molecular weight excluding hydrogens is 422 g/mol. The Balaban J connectivity index is 1.60. The van der Waals surface area contributed by atoms with Gasteiger partial charge >= 0.3 is 0 Å². The number of anilines is 2. The average molecular weight is 442 g/mol. The van der Waals surface area contributed by atoms with E-state index in [1.807, 2.05) is 91.9 Å². The molecule has 0 saturated heterocycles. The van der Waals surface area contributed by atoms with Crippen LogP contribution in [0.5, 0.6) is 0 Å². The van der Waals surface area contributed by atoms with Crippen LogP contribution in [-0.2, 0) is 4.79 Å². The fraction of sp³-hybridized carbons (Fsp3) is 0.0800. The van der Waals surface area contributed by atoms with E-state index in [2.05, 4.69) is 10.6 Å². The van der Waals surface area contributed by atoms with Gasteiger partial charge in [-0.2, -0.15) is 4.98 Å².